The molecule has 0 unspecified atom stereocenters. The number of rotatable bonds is 6. The van der Waals surface area contributed by atoms with Crippen LogP contribution in [-0.2, 0) is 0 Å². The molecule has 114 valence electrons. The molecule has 0 aliphatic rings. The second-order valence-corrected chi connectivity index (χ2v) is 4.46. The van der Waals surface area contributed by atoms with Gasteiger partial charge in [-0.25, -0.2) is 0 Å². The Morgan fingerprint density at radius 3 is 2.55 bits per heavy atom. The highest BCUT2D eigenvalue weighted by Crippen LogP contribution is 2.23. The van der Waals surface area contributed by atoms with Crippen molar-refractivity contribution in [3.8, 4) is 0 Å². The lowest BCUT2D eigenvalue weighted by molar-refractivity contribution is -0.384. The summed E-state index contributed by atoms with van der Waals surface area (Å²) in [5.41, 5.74) is 0.986. The van der Waals surface area contributed by atoms with Crippen LogP contribution in [0.5, 0.6) is 0 Å². The highest BCUT2D eigenvalue weighted by atomic mass is 16.6. The van der Waals surface area contributed by atoms with E-state index in [0.29, 0.717) is 11.4 Å². The minimum absolute atomic E-state index is 0.114. The normalized spacial score (nSPS) is 10.0. The van der Waals surface area contributed by atoms with Crippen LogP contribution in [-0.4, -0.2) is 29.1 Å². The van der Waals surface area contributed by atoms with E-state index in [0.717, 1.165) is 0 Å². The lowest BCUT2D eigenvalue weighted by Gasteiger charge is -2.11. The van der Waals surface area contributed by atoms with Gasteiger partial charge < -0.3 is 15.7 Å². The van der Waals surface area contributed by atoms with Gasteiger partial charge in [-0.2, -0.15) is 0 Å². The molecule has 0 atom stereocenters. The molecule has 2 aromatic rings. The minimum atomic E-state index is -0.560. The monoisotopic (exact) mass is 301 g/mol. The predicted octanol–water partition coefficient (Wildman–Crippen LogP) is 2.25. The van der Waals surface area contributed by atoms with Crippen molar-refractivity contribution in [1.82, 2.24) is 0 Å². The third-order valence-corrected chi connectivity index (χ3v) is 2.92. The zero-order valence-electron chi connectivity index (χ0n) is 11.7. The number of non-ortho nitro benzene ring substituents is 1. The first-order valence-electron chi connectivity index (χ1n) is 6.61. The van der Waals surface area contributed by atoms with Crippen LogP contribution < -0.4 is 10.6 Å². The molecule has 0 aliphatic heterocycles. The number of amides is 1. The summed E-state index contributed by atoms with van der Waals surface area (Å²) in [6.07, 6.45) is 0. The largest absolute Gasteiger partial charge is 0.395 e. The minimum Gasteiger partial charge on any atom is -0.395 e. The summed E-state index contributed by atoms with van der Waals surface area (Å²) < 4.78 is 0. The average Bonchev–Trinajstić information content (AvgIpc) is 2.53. The molecule has 0 radical (unpaired) electrons. The first kappa shape index (κ1) is 15.5. The molecule has 0 fully saturated rings. The third kappa shape index (κ3) is 3.80. The standard InChI is InChI=1S/C15H15N3O4/c19-9-8-16-14-7-6-12(18(21)22)10-13(14)15(20)17-11-4-2-1-3-5-11/h1-7,10,16,19H,8-9H2,(H,17,20). The van der Waals surface area contributed by atoms with Crippen LogP contribution in [0.1, 0.15) is 10.4 Å². The Balaban J connectivity index is 2.30. The second kappa shape index (κ2) is 7.19. The topological polar surface area (TPSA) is 104 Å². The summed E-state index contributed by atoms with van der Waals surface area (Å²) in [7, 11) is 0. The molecule has 0 aliphatic carbocycles. The fraction of sp³-hybridized carbons (Fsp3) is 0.133. The van der Waals surface area contributed by atoms with E-state index >= 15 is 0 Å². The maximum Gasteiger partial charge on any atom is 0.270 e. The Labute approximate surface area is 126 Å². The number of aliphatic hydroxyl groups is 1. The Morgan fingerprint density at radius 2 is 1.91 bits per heavy atom. The van der Waals surface area contributed by atoms with E-state index in [2.05, 4.69) is 10.6 Å². The molecule has 0 spiro atoms. The SMILES string of the molecule is O=C(Nc1ccccc1)c1cc([N+](=O)[O-])ccc1NCCO. The van der Waals surface area contributed by atoms with E-state index in [1.807, 2.05) is 6.07 Å². The highest BCUT2D eigenvalue weighted by molar-refractivity contribution is 6.08. The number of aliphatic hydroxyl groups excluding tert-OH is 1. The Morgan fingerprint density at radius 1 is 1.18 bits per heavy atom. The van der Waals surface area contributed by atoms with Gasteiger partial charge in [0.1, 0.15) is 0 Å². The highest BCUT2D eigenvalue weighted by Gasteiger charge is 2.16. The molecule has 2 rings (SSSR count). The van der Waals surface area contributed by atoms with Gasteiger partial charge in [0.05, 0.1) is 17.1 Å². The molecular weight excluding hydrogens is 286 g/mol. The Hall–Kier alpha value is -2.93. The van der Waals surface area contributed by atoms with E-state index in [9.17, 15) is 14.9 Å². The van der Waals surface area contributed by atoms with Gasteiger partial charge in [-0.3, -0.25) is 14.9 Å². The van der Waals surface area contributed by atoms with Gasteiger partial charge in [-0.15, -0.1) is 0 Å². The van der Waals surface area contributed by atoms with Crippen molar-refractivity contribution in [1.29, 1.82) is 0 Å². The van der Waals surface area contributed by atoms with Gasteiger partial charge in [-0.1, -0.05) is 18.2 Å². The number of para-hydroxylation sites is 1. The molecule has 7 nitrogen and oxygen atoms in total. The number of nitrogens with one attached hydrogen (secondary N) is 2. The summed E-state index contributed by atoms with van der Waals surface area (Å²) >= 11 is 0. The average molecular weight is 301 g/mol. The van der Waals surface area contributed by atoms with Gasteiger partial charge in [0.15, 0.2) is 0 Å². The lowest BCUT2D eigenvalue weighted by atomic mass is 10.1. The number of nitro benzene ring substituents is 1. The van der Waals surface area contributed by atoms with Crippen LogP contribution >= 0.6 is 0 Å². The lowest BCUT2D eigenvalue weighted by Crippen LogP contribution is -2.16. The van der Waals surface area contributed by atoms with Crippen LogP contribution in [0.4, 0.5) is 17.1 Å². The molecule has 0 heterocycles. The fourth-order valence-electron chi connectivity index (χ4n) is 1.90. The van der Waals surface area contributed by atoms with E-state index < -0.39 is 10.8 Å². The van der Waals surface area contributed by atoms with Gasteiger partial charge in [-0.05, 0) is 18.2 Å². The number of hydrogen-bond acceptors (Lipinski definition) is 5. The van der Waals surface area contributed by atoms with Crippen molar-refractivity contribution in [3.05, 3.63) is 64.2 Å². The van der Waals surface area contributed by atoms with E-state index in [4.69, 9.17) is 5.11 Å². The molecule has 0 aromatic heterocycles. The van der Waals surface area contributed by atoms with E-state index in [1.165, 1.54) is 18.2 Å². The smallest absolute Gasteiger partial charge is 0.270 e. The van der Waals surface area contributed by atoms with Crippen LogP contribution in [0.15, 0.2) is 48.5 Å². The summed E-state index contributed by atoms with van der Waals surface area (Å²) in [5.74, 6) is -0.463. The Bertz CT molecular complexity index is 674. The maximum absolute atomic E-state index is 12.3. The van der Waals surface area contributed by atoms with Crippen molar-refractivity contribution in [2.75, 3.05) is 23.8 Å². The fourth-order valence-corrected chi connectivity index (χ4v) is 1.90. The Kier molecular flexibility index (Phi) is 5.05. The first-order chi connectivity index (χ1) is 10.6. The number of nitrogens with zero attached hydrogens (tertiary/aromatic N) is 1. The molecule has 2 aromatic carbocycles. The summed E-state index contributed by atoms with van der Waals surface area (Å²) in [6.45, 7) is 0.125. The van der Waals surface area contributed by atoms with Gasteiger partial charge in [0, 0.05) is 30.1 Å². The van der Waals surface area contributed by atoms with Crippen LogP contribution in [0.3, 0.4) is 0 Å². The molecule has 22 heavy (non-hydrogen) atoms. The van der Waals surface area contributed by atoms with Crippen molar-refractivity contribution < 1.29 is 14.8 Å². The summed E-state index contributed by atoms with van der Waals surface area (Å²) in [4.78, 5) is 22.6. The molecule has 0 saturated heterocycles. The molecule has 3 N–H and O–H groups in total. The number of hydrogen-bond donors (Lipinski definition) is 3. The van der Waals surface area contributed by atoms with Crippen molar-refractivity contribution in [3.63, 3.8) is 0 Å². The zero-order valence-corrected chi connectivity index (χ0v) is 11.7. The summed E-state index contributed by atoms with van der Waals surface area (Å²) in [5, 5.41) is 25.3. The molecule has 0 bridgehead atoms. The first-order valence-corrected chi connectivity index (χ1v) is 6.61. The number of nitro groups is 1. The maximum atomic E-state index is 12.3. The molecule has 1 amide bonds. The van der Waals surface area contributed by atoms with Crippen molar-refractivity contribution in [2.45, 2.75) is 0 Å². The van der Waals surface area contributed by atoms with Crippen LogP contribution in [0, 0.1) is 10.1 Å². The van der Waals surface area contributed by atoms with Crippen LogP contribution in [0.2, 0.25) is 0 Å². The number of carbonyl (C=O) groups is 1. The number of anilines is 2. The zero-order chi connectivity index (χ0) is 15.9. The van der Waals surface area contributed by atoms with Gasteiger partial charge >= 0.3 is 0 Å². The van der Waals surface area contributed by atoms with Gasteiger partial charge in [0.25, 0.3) is 11.6 Å². The number of carbonyl (C=O) groups excluding carboxylic acids is 1. The van der Waals surface area contributed by atoms with E-state index in [1.54, 1.807) is 24.3 Å². The molecule has 7 heteroatoms. The predicted molar refractivity (Wildman–Crippen MR) is 83.1 cm³/mol. The second-order valence-electron chi connectivity index (χ2n) is 4.46. The van der Waals surface area contributed by atoms with E-state index in [-0.39, 0.29) is 24.4 Å². The van der Waals surface area contributed by atoms with Crippen molar-refractivity contribution in [2.24, 2.45) is 0 Å². The third-order valence-electron chi connectivity index (χ3n) is 2.92. The number of benzene rings is 2. The van der Waals surface area contributed by atoms with Gasteiger partial charge in [0.2, 0.25) is 0 Å². The van der Waals surface area contributed by atoms with Crippen LogP contribution in [0.25, 0.3) is 0 Å². The molecule has 0 saturated carbocycles. The quantitative estimate of drug-likeness (QED) is 0.560. The molecular formula is C15H15N3O4. The van der Waals surface area contributed by atoms with Crippen molar-refractivity contribution >= 4 is 23.0 Å². The summed E-state index contributed by atoms with van der Waals surface area (Å²) in [6, 6.07) is 12.8.